The summed E-state index contributed by atoms with van der Waals surface area (Å²) in [6, 6.07) is 23.3. The molecule has 1 aromatic heterocycles. The van der Waals surface area contributed by atoms with Gasteiger partial charge in [0, 0.05) is 50.5 Å². The minimum atomic E-state index is -4.99. The van der Waals surface area contributed by atoms with Gasteiger partial charge in [0.1, 0.15) is 32.6 Å². The van der Waals surface area contributed by atoms with Crippen molar-refractivity contribution < 1.29 is 55.6 Å². The van der Waals surface area contributed by atoms with Crippen molar-refractivity contribution in [3.05, 3.63) is 102 Å². The summed E-state index contributed by atoms with van der Waals surface area (Å²) < 4.78 is 86.8. The van der Waals surface area contributed by atoms with Crippen molar-refractivity contribution in [2.45, 2.75) is 101 Å². The molecule has 5 aromatic rings. The first-order chi connectivity index (χ1) is 33.8. The van der Waals surface area contributed by atoms with E-state index in [4.69, 9.17) is 24.0 Å². The number of carbonyl (C=O) groups excluding carboxylic acids is 1. The number of benzene rings is 4. The minimum absolute atomic E-state index is 0.0549. The zero-order valence-electron chi connectivity index (χ0n) is 42.1. The fraction of sp³-hybridized carbons (Fsp3) is 0.449. The number of ether oxygens (including phenoxy) is 4. The number of β-amino-alcohol motifs (C(OH)–C–C–N with tert-alkyl or cyclic N) is 1. The van der Waals surface area contributed by atoms with Crippen LogP contribution in [0.3, 0.4) is 0 Å². The fourth-order valence-electron chi connectivity index (χ4n) is 7.98. The molecule has 0 aliphatic carbocycles. The van der Waals surface area contributed by atoms with Crippen molar-refractivity contribution >= 4 is 37.9 Å². The number of amides is 2. The van der Waals surface area contributed by atoms with Crippen LogP contribution in [0.25, 0.3) is 11.4 Å². The van der Waals surface area contributed by atoms with Crippen LogP contribution in [0.1, 0.15) is 71.1 Å². The second-order valence-electron chi connectivity index (χ2n) is 19.3. The van der Waals surface area contributed by atoms with E-state index in [1.807, 2.05) is 0 Å². The molecule has 0 spiro atoms. The lowest BCUT2D eigenvalue weighted by Crippen LogP contribution is -2.56. The number of sulfonamides is 2. The van der Waals surface area contributed by atoms with E-state index in [0.717, 1.165) is 9.87 Å². The van der Waals surface area contributed by atoms with Crippen LogP contribution in [0.2, 0.25) is 0 Å². The lowest BCUT2D eigenvalue weighted by Gasteiger charge is -2.44. The van der Waals surface area contributed by atoms with Gasteiger partial charge in [-0.25, -0.2) is 31.1 Å². The largest absolute Gasteiger partial charge is 0.497 e. The standard InChI is InChI=1S/C49H65N9O12S2/c1-47(2,3)57(46(60)61)33-49(62)24-28-55(29-25-49)40-22-23-41(71(63,64)51-27-26-50-45(59)70-48(4,5)6)43(42(40)44-52-54-58(53-44)32-36-14-20-39(69-9)21-15-36)72(65,66)56(30-34-10-16-37(67-7)17-11-34)31-35-12-18-38(68-8)19-13-35/h10-23,51,62H,24-33H2,1-9H3,(H,50,59)(H,60,61). The van der Waals surface area contributed by atoms with Gasteiger partial charge in [-0.2, -0.15) is 9.10 Å². The molecular weight excluding hydrogens is 971 g/mol. The fourth-order valence-corrected chi connectivity index (χ4v) is 11.4. The van der Waals surface area contributed by atoms with Crippen LogP contribution < -0.4 is 29.1 Å². The lowest BCUT2D eigenvalue weighted by atomic mass is 9.89. The third-order valence-corrected chi connectivity index (χ3v) is 15.3. The highest BCUT2D eigenvalue weighted by Gasteiger charge is 2.42. The van der Waals surface area contributed by atoms with Crippen LogP contribution >= 0.6 is 0 Å². The Bertz CT molecular complexity index is 2830. The lowest BCUT2D eigenvalue weighted by molar-refractivity contribution is -0.0312. The number of carboxylic acid groups (broad SMARTS) is 1. The molecule has 2 amide bonds. The topological polar surface area (TPSA) is 257 Å². The van der Waals surface area contributed by atoms with Gasteiger partial charge in [-0.1, -0.05) is 36.4 Å². The van der Waals surface area contributed by atoms with E-state index in [9.17, 15) is 28.2 Å². The molecule has 0 radical (unpaired) electrons. The van der Waals surface area contributed by atoms with Gasteiger partial charge in [-0.15, -0.1) is 10.2 Å². The van der Waals surface area contributed by atoms with Gasteiger partial charge >= 0.3 is 12.2 Å². The van der Waals surface area contributed by atoms with E-state index in [1.54, 1.807) is 126 Å². The number of carbonyl (C=O) groups is 2. The SMILES string of the molecule is COc1ccc(CN(Cc2ccc(OC)cc2)S(=O)(=O)c2c(S(=O)(=O)NCCNC(=O)OC(C)(C)C)ccc(N3CCC(O)(CN(C(=O)O)C(C)(C)C)CC3)c2-c2nnn(Cc3ccc(OC)cc3)n2)cc1. The zero-order valence-corrected chi connectivity index (χ0v) is 43.7. The zero-order chi connectivity index (χ0) is 52.6. The molecule has 1 aliphatic rings. The smallest absolute Gasteiger partial charge is 0.407 e. The molecule has 23 heteroatoms. The van der Waals surface area contributed by atoms with E-state index in [2.05, 4.69) is 20.4 Å². The van der Waals surface area contributed by atoms with Crippen molar-refractivity contribution in [1.29, 1.82) is 0 Å². The highest BCUT2D eigenvalue weighted by atomic mass is 32.2. The van der Waals surface area contributed by atoms with Crippen LogP contribution in [0, 0.1) is 0 Å². The Labute approximate surface area is 421 Å². The number of nitrogens with one attached hydrogen (secondary N) is 2. The van der Waals surface area contributed by atoms with E-state index < -0.39 is 58.8 Å². The van der Waals surface area contributed by atoms with Crippen LogP contribution in [0.5, 0.6) is 17.2 Å². The first-order valence-corrected chi connectivity index (χ1v) is 26.1. The Morgan fingerprint density at radius 2 is 1.26 bits per heavy atom. The molecule has 0 bridgehead atoms. The van der Waals surface area contributed by atoms with Gasteiger partial charge in [-0.05, 0) is 125 Å². The van der Waals surface area contributed by atoms with Crippen LogP contribution in [0.4, 0.5) is 15.3 Å². The van der Waals surface area contributed by atoms with Crippen LogP contribution in [-0.2, 0) is 44.4 Å². The number of aliphatic hydroxyl groups is 1. The van der Waals surface area contributed by atoms with Crippen LogP contribution in [-0.4, -0.2) is 139 Å². The number of hydrogen-bond acceptors (Lipinski definition) is 15. The number of nitrogens with zero attached hydrogens (tertiary/aromatic N) is 7. The van der Waals surface area contributed by atoms with E-state index in [1.165, 1.54) is 36.0 Å². The number of anilines is 1. The Kier molecular flexibility index (Phi) is 17.1. The van der Waals surface area contributed by atoms with Gasteiger partial charge in [-0.3, -0.25) is 0 Å². The second kappa shape index (κ2) is 22.5. The van der Waals surface area contributed by atoms with Gasteiger partial charge in [0.25, 0.3) is 0 Å². The van der Waals surface area contributed by atoms with Gasteiger partial charge in [0.2, 0.25) is 25.9 Å². The maximum Gasteiger partial charge on any atom is 0.407 e. The van der Waals surface area contributed by atoms with Crippen molar-refractivity contribution in [1.82, 2.24) is 39.5 Å². The average molecular weight is 1040 g/mol. The molecule has 4 aromatic carbocycles. The summed E-state index contributed by atoms with van der Waals surface area (Å²) in [5.41, 5.74) is -1.25. The maximum atomic E-state index is 16.1. The monoisotopic (exact) mass is 1040 g/mol. The van der Waals surface area contributed by atoms with Crippen molar-refractivity contribution in [3.63, 3.8) is 0 Å². The number of hydrogen-bond donors (Lipinski definition) is 4. The van der Waals surface area contributed by atoms with Crippen molar-refractivity contribution in [3.8, 4) is 28.6 Å². The predicted octanol–water partition coefficient (Wildman–Crippen LogP) is 5.72. The Hall–Kier alpha value is -6.53. The van der Waals surface area contributed by atoms with Crippen LogP contribution in [0.15, 0.2) is 94.7 Å². The summed E-state index contributed by atoms with van der Waals surface area (Å²) in [6.07, 6.45) is -1.87. The summed E-state index contributed by atoms with van der Waals surface area (Å²) in [6.45, 7) is 9.27. The molecule has 2 heterocycles. The Morgan fingerprint density at radius 3 is 1.74 bits per heavy atom. The number of piperidine rings is 1. The van der Waals surface area contributed by atoms with Crippen molar-refractivity contribution in [2.24, 2.45) is 0 Å². The molecule has 390 valence electrons. The Morgan fingerprint density at radius 1 is 0.750 bits per heavy atom. The summed E-state index contributed by atoms with van der Waals surface area (Å²) in [5, 5.41) is 37.9. The third-order valence-electron chi connectivity index (χ3n) is 11.8. The maximum absolute atomic E-state index is 16.1. The molecule has 21 nitrogen and oxygen atoms in total. The van der Waals surface area contributed by atoms with E-state index in [0.29, 0.717) is 28.4 Å². The number of aromatic nitrogens is 4. The first kappa shape index (κ1) is 54.8. The number of methoxy groups -OCH3 is 3. The highest BCUT2D eigenvalue weighted by Crippen LogP contribution is 2.43. The number of alkyl carbamates (subject to hydrolysis) is 1. The predicted molar refractivity (Wildman–Crippen MR) is 268 cm³/mol. The molecule has 6 rings (SSSR count). The number of rotatable bonds is 20. The van der Waals surface area contributed by atoms with E-state index in [-0.39, 0.29) is 82.3 Å². The number of tetrazole rings is 1. The normalized spacial score (nSPS) is 14.2. The van der Waals surface area contributed by atoms with Gasteiger partial charge in [0.05, 0.1) is 45.6 Å². The molecule has 1 aliphatic heterocycles. The average Bonchev–Trinajstić information content (AvgIpc) is 3.79. The molecule has 0 atom stereocenters. The molecule has 1 saturated heterocycles. The van der Waals surface area contributed by atoms with Gasteiger partial charge < -0.3 is 44.3 Å². The molecule has 1 fully saturated rings. The summed E-state index contributed by atoms with van der Waals surface area (Å²) >= 11 is 0. The molecule has 0 saturated carbocycles. The summed E-state index contributed by atoms with van der Waals surface area (Å²) in [4.78, 5) is 27.8. The summed E-state index contributed by atoms with van der Waals surface area (Å²) in [5.74, 6) is 1.46. The quantitative estimate of drug-likeness (QED) is 0.0680. The first-order valence-electron chi connectivity index (χ1n) is 23.1. The highest BCUT2D eigenvalue weighted by molar-refractivity contribution is 7.92. The van der Waals surface area contributed by atoms with Crippen molar-refractivity contribution in [2.75, 3.05) is 59.0 Å². The minimum Gasteiger partial charge on any atom is -0.497 e. The third kappa shape index (κ3) is 13.9. The van der Waals surface area contributed by atoms with E-state index >= 15 is 8.42 Å². The molecule has 4 N–H and O–H groups in total. The molecule has 0 unspecified atom stereocenters. The van der Waals surface area contributed by atoms with Gasteiger partial charge in [0.15, 0.2) is 0 Å². The second-order valence-corrected chi connectivity index (χ2v) is 22.9. The molecular formula is C49H65N9O12S2. The summed E-state index contributed by atoms with van der Waals surface area (Å²) in [7, 11) is -5.21. The Balaban J connectivity index is 1.55. The molecule has 72 heavy (non-hydrogen) atoms.